The summed E-state index contributed by atoms with van der Waals surface area (Å²) in [6.45, 7) is -7.69. The van der Waals surface area contributed by atoms with Crippen LogP contribution < -0.4 is 62.6 Å². The molecule has 0 radical (unpaired) electrons. The predicted octanol–water partition coefficient (Wildman–Crippen LogP) is -1.33. The van der Waals surface area contributed by atoms with Crippen LogP contribution in [0.2, 0.25) is 0 Å². The molecule has 1 heterocycles. The van der Waals surface area contributed by atoms with E-state index in [0.29, 0.717) is 22.5 Å². The van der Waals surface area contributed by atoms with Crippen molar-refractivity contribution in [3.63, 3.8) is 0 Å². The van der Waals surface area contributed by atoms with Gasteiger partial charge in [0.25, 0.3) is 47.3 Å². The summed E-state index contributed by atoms with van der Waals surface area (Å²) in [4.78, 5) is 170. The van der Waals surface area contributed by atoms with Crippen LogP contribution in [-0.4, -0.2) is 361 Å². The minimum atomic E-state index is -2.87. The fraction of sp³-hybridized carbons (Fsp3) is 0.500. The van der Waals surface area contributed by atoms with Gasteiger partial charge in [-0.05, 0) is 271 Å². The van der Waals surface area contributed by atoms with E-state index in [-0.39, 0.29) is 118 Å². The molecular formula is C72H90Cl2I12N12O30. The number of hydrogen-bond donors (Lipinski definition) is 26. The number of anilines is 4. The first-order chi connectivity index (χ1) is 59.8. The third kappa shape index (κ3) is 34.3. The van der Waals surface area contributed by atoms with Gasteiger partial charge in [-0.15, -0.1) is 23.2 Å². The van der Waals surface area contributed by atoms with Gasteiger partial charge in [-0.25, -0.2) is 0 Å². The molecule has 1 aliphatic rings. The van der Waals surface area contributed by atoms with Crippen LogP contribution in [0.5, 0.6) is 0 Å². The van der Waals surface area contributed by atoms with Gasteiger partial charge < -0.3 is 154 Å². The van der Waals surface area contributed by atoms with Gasteiger partial charge in [-0.3, -0.25) is 57.5 Å². The molecule has 56 heteroatoms. The van der Waals surface area contributed by atoms with Gasteiger partial charge >= 0.3 is 0 Å². The molecule has 0 spiro atoms. The number of benzene rings is 4. The number of rotatable bonds is 44. The standard InChI is InChI=1S/C52H64I9N9O22.C16H20I3N3O7.C4H6Cl2O/c1-19(77)68(43-37(56)28(46(86)62-4-22(80)10-71)34(53)29(38(43)57)47(87)63-5-23(81)11-72)16-52(92,17-69(20(2)78)44-39(58)30(48(88)64-6-24(82)12-73)35(54)31(40(44)59)49(89)65-7-25(83)13-74)18-70(21(3)79)45-41(60)32(50(90)66-8-26(84)14-75)36(55)33(42(45)61)51(91)67-9-27(85)15-76;1-6(25)22-14-12(18)9(15(28)20-2-7(26)4-23)11(17)10(13(14)19)16(29)21-3-8(27)5-24;5-1-4(2-6)3-7-4/h22-27,71-76,80-85,92H,4-18H2,1-3H3,(H,62,86)(H,63,87)(H,64,88)(H,65,89)(H,66,90)(H,67,91);7-8,23-24,26-27H,2-5H2,1H3,(H,20,28)(H,21,29)(H,22,25);1-3H2. The summed E-state index contributed by atoms with van der Waals surface area (Å²) < 4.78 is 5.14. The summed E-state index contributed by atoms with van der Waals surface area (Å²) in [5.41, 5.74) is -5.28. The Morgan fingerprint density at radius 1 is 0.320 bits per heavy atom. The highest BCUT2D eigenvalue weighted by Crippen LogP contribution is 2.45. The van der Waals surface area contributed by atoms with Crippen molar-refractivity contribution in [2.24, 2.45) is 0 Å². The van der Waals surface area contributed by atoms with E-state index in [1.54, 1.807) is 203 Å². The number of alkyl halides is 2. The highest BCUT2D eigenvalue weighted by atomic mass is 127. The molecule has 8 unspecified atom stereocenters. The molecule has 12 amide bonds. The zero-order valence-electron chi connectivity index (χ0n) is 67.2. The zero-order chi connectivity index (χ0) is 97.8. The van der Waals surface area contributed by atoms with Gasteiger partial charge in [0.2, 0.25) is 23.6 Å². The Labute approximate surface area is 905 Å². The predicted molar refractivity (Wildman–Crippen MR) is 565 cm³/mol. The zero-order valence-corrected chi connectivity index (χ0v) is 94.6. The number of nitrogens with one attached hydrogen (secondary N) is 9. The topological polar surface area (TPSA) is 679 Å². The summed E-state index contributed by atoms with van der Waals surface area (Å²) in [5, 5.41) is 192. The van der Waals surface area contributed by atoms with Crippen molar-refractivity contribution in [2.45, 2.75) is 87.7 Å². The minimum absolute atomic E-state index is 0.0741. The molecule has 26 N–H and O–H groups in total. The fourth-order valence-corrected chi connectivity index (χ4v) is 29.7. The second-order valence-corrected chi connectivity index (χ2v) is 41.0. The van der Waals surface area contributed by atoms with Crippen LogP contribution in [0.3, 0.4) is 0 Å². The Balaban J connectivity index is 0.000000963. The molecule has 1 aliphatic heterocycles. The Morgan fingerprint density at radius 2 is 0.477 bits per heavy atom. The summed E-state index contributed by atoms with van der Waals surface area (Å²) in [7, 11) is 0. The number of ether oxygens (including phenoxy) is 1. The number of amides is 12. The molecule has 0 aromatic heterocycles. The molecule has 8 atom stereocenters. The minimum Gasteiger partial charge on any atom is -0.394 e. The van der Waals surface area contributed by atoms with Gasteiger partial charge in [0.05, 0.1) is 236 Å². The van der Waals surface area contributed by atoms with E-state index in [9.17, 15) is 134 Å². The third-order valence-electron chi connectivity index (χ3n) is 17.3. The normalized spacial score (nSPS) is 14.3. The quantitative estimate of drug-likeness (QED) is 0.0139. The number of nitrogens with zero attached hydrogens (tertiary/aromatic N) is 3. The second-order valence-electron chi connectivity index (χ2n) is 27.5. The monoisotopic (exact) mass is 3200 g/mol. The van der Waals surface area contributed by atoms with Crippen molar-refractivity contribution < 1.29 is 149 Å². The lowest BCUT2D eigenvalue weighted by molar-refractivity contribution is -0.118. The molecule has 1 saturated heterocycles. The molecular weight excluding hydrogens is 3110 g/mol. The van der Waals surface area contributed by atoms with Gasteiger partial charge in [-0.1, -0.05) is 0 Å². The number of halogens is 14. The number of aliphatic hydroxyl groups excluding tert-OH is 16. The van der Waals surface area contributed by atoms with Crippen LogP contribution in [0.4, 0.5) is 22.7 Å². The second kappa shape index (κ2) is 58.3. The maximum Gasteiger partial charge on any atom is 0.253 e. The molecule has 0 aliphatic carbocycles. The first-order valence-corrected chi connectivity index (χ1v) is 50.8. The fourth-order valence-electron chi connectivity index (χ4n) is 10.5. The van der Waals surface area contributed by atoms with Crippen LogP contribution in [-0.2, 0) is 23.9 Å². The molecule has 4 aromatic rings. The smallest absolute Gasteiger partial charge is 0.253 e. The highest BCUT2D eigenvalue weighted by molar-refractivity contribution is 14.1. The number of carbonyl (C=O) groups excluding carboxylic acids is 12. The average Bonchev–Trinajstić information content (AvgIpc) is 0.981. The van der Waals surface area contributed by atoms with Crippen molar-refractivity contribution in [1.82, 2.24) is 42.5 Å². The number of hydrogen-bond acceptors (Lipinski definition) is 30. The molecule has 5 rings (SSSR count). The molecule has 1 fully saturated rings. The summed E-state index contributed by atoms with van der Waals surface area (Å²) in [6.07, 6.45) is -11.2. The highest BCUT2D eigenvalue weighted by Gasteiger charge is 2.46. The number of aliphatic hydroxyl groups is 17. The average molecular weight is 3200 g/mol. The first kappa shape index (κ1) is 121. The van der Waals surface area contributed by atoms with Gasteiger partial charge in [0.15, 0.2) is 0 Å². The van der Waals surface area contributed by atoms with Crippen LogP contribution in [0.1, 0.15) is 111 Å². The SMILES string of the molecule is CC(=O)N(CC(O)(CN(C(C)=O)c1c(I)c(C(=O)NCC(O)CO)c(I)c(C(=O)NCC(O)CO)c1I)CN(C(C)=O)c1c(I)c(C(=O)NCC(O)CO)c(I)c(C(=O)NCC(O)CO)c1I)c1c(I)c(C(=O)NCC(O)CO)c(I)c(C(=O)NCC(O)CO)c1I.CC(=O)Nc1c(I)c(C(=O)NCC(O)CO)c(I)c(C(=O)NCC(O)CO)c1I.ClCC1(CCl)CO1. The molecule has 716 valence electrons. The van der Waals surface area contributed by atoms with Crippen LogP contribution >= 0.6 is 294 Å². The van der Waals surface area contributed by atoms with Gasteiger partial charge in [0.1, 0.15) is 11.2 Å². The van der Waals surface area contributed by atoms with Crippen molar-refractivity contribution in [1.29, 1.82) is 0 Å². The molecule has 4 aromatic carbocycles. The van der Waals surface area contributed by atoms with E-state index in [2.05, 4.69) is 47.9 Å². The lowest BCUT2D eigenvalue weighted by Crippen LogP contribution is -2.60. The number of carbonyl (C=O) groups is 12. The van der Waals surface area contributed by atoms with Crippen molar-refractivity contribution in [2.75, 3.05) is 163 Å². The van der Waals surface area contributed by atoms with Crippen molar-refractivity contribution in [3.05, 3.63) is 87.3 Å². The van der Waals surface area contributed by atoms with E-state index < -0.39 is 237 Å². The number of epoxide rings is 1. The molecule has 128 heavy (non-hydrogen) atoms. The Kier molecular flexibility index (Phi) is 55.2. The van der Waals surface area contributed by atoms with E-state index in [1.165, 1.54) is 6.92 Å². The van der Waals surface area contributed by atoms with Gasteiger partial charge in [0, 0.05) is 94.3 Å². The van der Waals surface area contributed by atoms with E-state index >= 15 is 0 Å². The Morgan fingerprint density at radius 3 is 0.594 bits per heavy atom. The van der Waals surface area contributed by atoms with E-state index in [0.717, 1.165) is 42.1 Å². The van der Waals surface area contributed by atoms with E-state index in [4.69, 9.17) is 38.2 Å². The maximum atomic E-state index is 14.8. The molecule has 42 nitrogen and oxygen atoms in total. The lowest BCUT2D eigenvalue weighted by atomic mass is 9.97. The Hall–Kier alpha value is -0.860. The first-order valence-electron chi connectivity index (χ1n) is 36.8. The largest absolute Gasteiger partial charge is 0.394 e. The van der Waals surface area contributed by atoms with Crippen molar-refractivity contribution in [3.8, 4) is 0 Å². The summed E-state index contributed by atoms with van der Waals surface area (Å²) in [5.74, 6) is -9.30. The van der Waals surface area contributed by atoms with E-state index in [1.807, 2.05) is 67.8 Å². The third-order valence-corrected chi connectivity index (χ3v) is 31.1. The van der Waals surface area contributed by atoms with Crippen LogP contribution in [0, 0.1) is 42.8 Å². The van der Waals surface area contributed by atoms with Gasteiger partial charge in [-0.2, -0.15) is 0 Å². The van der Waals surface area contributed by atoms with Crippen LogP contribution in [0.25, 0.3) is 0 Å². The summed E-state index contributed by atoms with van der Waals surface area (Å²) in [6, 6.07) is 0. The lowest BCUT2D eigenvalue weighted by Gasteiger charge is -2.42. The maximum absolute atomic E-state index is 14.8. The summed E-state index contributed by atoms with van der Waals surface area (Å²) >= 11 is 31.7. The van der Waals surface area contributed by atoms with Crippen LogP contribution in [0.15, 0.2) is 0 Å². The molecule has 0 bridgehead atoms. The van der Waals surface area contributed by atoms with Crippen molar-refractivity contribution >= 4 is 388 Å². The Bertz CT molecular complexity index is 4150. The molecule has 0 saturated carbocycles.